The Morgan fingerprint density at radius 3 is 1.23 bits per heavy atom. The van der Waals surface area contributed by atoms with E-state index in [9.17, 15) is 19.2 Å². The summed E-state index contributed by atoms with van der Waals surface area (Å²) in [5, 5.41) is 10.0. The van der Waals surface area contributed by atoms with Gasteiger partial charge in [-0.15, -0.1) is 0 Å². The number of amides is 4. The summed E-state index contributed by atoms with van der Waals surface area (Å²) in [5.74, 6) is -0.278. The van der Waals surface area contributed by atoms with Crippen LogP contribution in [0.2, 0.25) is 0 Å². The van der Waals surface area contributed by atoms with E-state index >= 15 is 0 Å². The van der Waals surface area contributed by atoms with Crippen LogP contribution in [0.4, 0.5) is 9.59 Å². The van der Waals surface area contributed by atoms with Crippen LogP contribution in [-0.4, -0.2) is 72.9 Å². The van der Waals surface area contributed by atoms with Crippen LogP contribution in [0.15, 0.2) is 0 Å². The molecule has 0 aliphatic heterocycles. The van der Waals surface area contributed by atoms with Crippen molar-refractivity contribution in [1.29, 1.82) is 0 Å². The summed E-state index contributed by atoms with van der Waals surface area (Å²) < 4.78 is 10.4. The van der Waals surface area contributed by atoms with Gasteiger partial charge < -0.3 is 30.7 Å². The molecule has 0 spiro atoms. The zero-order chi connectivity index (χ0) is 23.5. The van der Waals surface area contributed by atoms with Crippen LogP contribution in [0.1, 0.15) is 41.5 Å². The minimum atomic E-state index is -0.820. The van der Waals surface area contributed by atoms with Crippen molar-refractivity contribution in [2.75, 3.05) is 25.6 Å². The molecular formula is C18H34N4O6S2. The fourth-order valence-corrected chi connectivity index (χ4v) is 4.17. The summed E-state index contributed by atoms with van der Waals surface area (Å²) in [4.78, 5) is 48.0. The summed E-state index contributed by atoms with van der Waals surface area (Å²) >= 11 is 0. The zero-order valence-electron chi connectivity index (χ0n) is 18.8. The van der Waals surface area contributed by atoms with E-state index in [1.54, 1.807) is 41.5 Å². The highest BCUT2D eigenvalue weighted by Crippen LogP contribution is 2.23. The predicted molar refractivity (Wildman–Crippen MR) is 119 cm³/mol. The molecular weight excluding hydrogens is 432 g/mol. The van der Waals surface area contributed by atoms with Crippen molar-refractivity contribution < 1.29 is 28.7 Å². The Morgan fingerprint density at radius 2 is 1.00 bits per heavy atom. The highest BCUT2D eigenvalue weighted by atomic mass is 33.1. The molecule has 0 radical (unpaired) electrons. The van der Waals surface area contributed by atoms with Gasteiger partial charge in [-0.25, -0.2) is 9.59 Å². The molecule has 0 aliphatic carbocycles. The fourth-order valence-electron chi connectivity index (χ4n) is 1.85. The van der Waals surface area contributed by atoms with Crippen LogP contribution in [0.5, 0.6) is 0 Å². The van der Waals surface area contributed by atoms with Gasteiger partial charge in [0.2, 0.25) is 11.8 Å². The smallest absolute Gasteiger partial charge is 0.408 e. The van der Waals surface area contributed by atoms with Crippen molar-refractivity contribution in [2.45, 2.75) is 64.8 Å². The molecule has 0 heterocycles. The average molecular weight is 467 g/mol. The largest absolute Gasteiger partial charge is 0.444 e. The van der Waals surface area contributed by atoms with E-state index < -0.39 is 35.5 Å². The van der Waals surface area contributed by atoms with E-state index in [0.29, 0.717) is 0 Å². The summed E-state index contributed by atoms with van der Waals surface area (Å²) in [5.41, 5.74) is -1.37. The molecule has 0 fully saturated rings. The van der Waals surface area contributed by atoms with Gasteiger partial charge in [-0.2, -0.15) is 0 Å². The van der Waals surface area contributed by atoms with Crippen LogP contribution < -0.4 is 21.3 Å². The SMILES string of the molecule is CNC(=O)[C@H](CSSC[C@H](NC(=O)OC(C)(C)C)C(=O)NC)NC(=O)OC(C)(C)C. The van der Waals surface area contributed by atoms with Gasteiger partial charge in [0.25, 0.3) is 0 Å². The second-order valence-electron chi connectivity index (χ2n) is 8.20. The maximum atomic E-state index is 12.0. The maximum Gasteiger partial charge on any atom is 0.408 e. The van der Waals surface area contributed by atoms with Crippen LogP contribution >= 0.6 is 21.6 Å². The number of hydrogen-bond acceptors (Lipinski definition) is 8. The van der Waals surface area contributed by atoms with Crippen molar-refractivity contribution in [3.63, 3.8) is 0 Å². The number of likely N-dealkylation sites (N-methyl/N-ethyl adjacent to an activating group) is 2. The number of carbonyl (C=O) groups is 4. The second kappa shape index (κ2) is 12.8. The van der Waals surface area contributed by atoms with Crippen molar-refractivity contribution in [3.8, 4) is 0 Å². The Kier molecular flexibility index (Phi) is 12.0. The van der Waals surface area contributed by atoms with Crippen LogP contribution in [-0.2, 0) is 19.1 Å². The first kappa shape index (κ1) is 28.2. The van der Waals surface area contributed by atoms with Crippen LogP contribution in [0, 0.1) is 0 Å². The van der Waals surface area contributed by atoms with E-state index in [1.807, 2.05) is 0 Å². The Balaban J connectivity index is 4.74. The number of carbonyl (C=O) groups excluding carboxylic acids is 4. The monoisotopic (exact) mass is 466 g/mol. The first-order valence-electron chi connectivity index (χ1n) is 9.35. The minimum absolute atomic E-state index is 0.233. The van der Waals surface area contributed by atoms with Gasteiger partial charge in [0.15, 0.2) is 0 Å². The van der Waals surface area contributed by atoms with Gasteiger partial charge in [0.05, 0.1) is 0 Å². The van der Waals surface area contributed by atoms with Crippen molar-refractivity contribution >= 4 is 45.6 Å². The third kappa shape index (κ3) is 13.4. The Labute approximate surface area is 186 Å². The highest BCUT2D eigenvalue weighted by molar-refractivity contribution is 8.76. The van der Waals surface area contributed by atoms with E-state index in [4.69, 9.17) is 9.47 Å². The molecule has 4 N–H and O–H groups in total. The maximum absolute atomic E-state index is 12.0. The molecule has 0 aromatic rings. The van der Waals surface area contributed by atoms with E-state index in [0.717, 1.165) is 0 Å². The van der Waals surface area contributed by atoms with E-state index in [2.05, 4.69) is 21.3 Å². The summed E-state index contributed by atoms with van der Waals surface area (Å²) in [6.07, 6.45) is -1.40. The molecule has 0 aromatic heterocycles. The van der Waals surface area contributed by atoms with Gasteiger partial charge in [-0.05, 0) is 41.5 Å². The molecule has 0 saturated heterocycles. The molecule has 174 valence electrons. The third-order valence-corrected chi connectivity index (χ3v) is 5.48. The van der Waals surface area contributed by atoms with E-state index in [-0.39, 0.29) is 23.3 Å². The van der Waals surface area contributed by atoms with Crippen LogP contribution in [0.25, 0.3) is 0 Å². The first-order valence-corrected chi connectivity index (χ1v) is 11.8. The number of rotatable bonds is 9. The number of ether oxygens (including phenoxy) is 2. The predicted octanol–water partition coefficient (Wildman–Crippen LogP) is 1.65. The fraction of sp³-hybridized carbons (Fsp3) is 0.778. The number of alkyl carbamates (subject to hydrolysis) is 2. The summed E-state index contributed by atoms with van der Waals surface area (Å²) in [6, 6.07) is -1.64. The lowest BCUT2D eigenvalue weighted by Crippen LogP contribution is -2.49. The van der Waals surface area contributed by atoms with Crippen molar-refractivity contribution in [3.05, 3.63) is 0 Å². The average Bonchev–Trinajstić information content (AvgIpc) is 2.58. The molecule has 2 atom stereocenters. The van der Waals surface area contributed by atoms with Gasteiger partial charge in [0.1, 0.15) is 23.3 Å². The summed E-state index contributed by atoms with van der Waals surface area (Å²) in [6.45, 7) is 10.3. The van der Waals surface area contributed by atoms with Gasteiger partial charge >= 0.3 is 12.2 Å². The quantitative estimate of drug-likeness (QED) is 0.298. The third-order valence-electron chi connectivity index (χ3n) is 3.06. The first-order chi connectivity index (χ1) is 13.7. The lowest BCUT2D eigenvalue weighted by molar-refractivity contribution is -0.122. The second-order valence-corrected chi connectivity index (χ2v) is 10.7. The molecule has 0 saturated carbocycles. The molecule has 0 bridgehead atoms. The Hall–Kier alpha value is -1.82. The Bertz CT molecular complexity index is 552. The number of nitrogens with one attached hydrogen (secondary N) is 4. The molecule has 10 nitrogen and oxygen atoms in total. The molecule has 4 amide bonds. The normalized spacial score (nSPS) is 13.5. The zero-order valence-corrected chi connectivity index (χ0v) is 20.5. The highest BCUT2D eigenvalue weighted by Gasteiger charge is 2.26. The molecule has 30 heavy (non-hydrogen) atoms. The molecule has 0 aliphatic rings. The van der Waals surface area contributed by atoms with Crippen molar-refractivity contribution in [1.82, 2.24) is 21.3 Å². The van der Waals surface area contributed by atoms with Gasteiger partial charge in [0, 0.05) is 25.6 Å². The molecule has 0 aromatic carbocycles. The van der Waals surface area contributed by atoms with Crippen molar-refractivity contribution in [2.24, 2.45) is 0 Å². The van der Waals surface area contributed by atoms with E-state index in [1.165, 1.54) is 35.7 Å². The van der Waals surface area contributed by atoms with Gasteiger partial charge in [-0.1, -0.05) is 21.6 Å². The molecule has 0 unspecified atom stereocenters. The lowest BCUT2D eigenvalue weighted by atomic mass is 10.2. The molecule has 12 heteroatoms. The number of hydrogen-bond donors (Lipinski definition) is 4. The summed E-state index contributed by atoms with van der Waals surface area (Å²) in [7, 11) is 5.49. The van der Waals surface area contributed by atoms with Crippen LogP contribution in [0.3, 0.4) is 0 Å². The lowest BCUT2D eigenvalue weighted by Gasteiger charge is -2.23. The standard InChI is InChI=1S/C18H34N4O6S2/c1-17(2,3)27-15(25)21-11(13(23)19-7)9-29-30-10-12(14(24)20-8)22-16(26)28-18(4,5)6/h11-12H,9-10H2,1-8H3,(H,19,23)(H,20,24)(H,21,25)(H,22,26)/t11-,12-/m0/s1. The topological polar surface area (TPSA) is 135 Å². The molecule has 0 rings (SSSR count). The van der Waals surface area contributed by atoms with Gasteiger partial charge in [-0.3, -0.25) is 9.59 Å². The Morgan fingerprint density at radius 1 is 0.700 bits per heavy atom. The minimum Gasteiger partial charge on any atom is -0.444 e.